The number of hydrogen-bond acceptors (Lipinski definition) is 1. The third-order valence-corrected chi connectivity index (χ3v) is 1.04. The van der Waals surface area contributed by atoms with E-state index in [-0.39, 0.29) is 0 Å². The molecule has 2 radical (unpaired) electrons. The van der Waals surface area contributed by atoms with Crippen LogP contribution < -0.4 is 5.32 Å². The summed E-state index contributed by atoms with van der Waals surface area (Å²) in [5.41, 5.74) is 1.08. The summed E-state index contributed by atoms with van der Waals surface area (Å²) >= 11 is 0. The van der Waals surface area contributed by atoms with Gasteiger partial charge in [0.25, 0.3) is 0 Å². The van der Waals surface area contributed by atoms with Crippen molar-refractivity contribution >= 4 is 0 Å². The molecular weight excluding hydrogens is 110 g/mol. The van der Waals surface area contributed by atoms with Crippen LogP contribution in [0.25, 0.3) is 0 Å². The van der Waals surface area contributed by atoms with Gasteiger partial charge in [-0.3, -0.25) is 0 Å². The Morgan fingerprint density at radius 2 is 1.89 bits per heavy atom. The van der Waals surface area contributed by atoms with Crippen LogP contribution in [0.4, 0.5) is 0 Å². The predicted molar refractivity (Wildman–Crippen MR) is 37.8 cm³/mol. The minimum absolute atomic E-state index is 1.08. The SMILES string of the molecule is CN[C]c1ccccc1. The van der Waals surface area contributed by atoms with Crippen molar-refractivity contribution in [2.75, 3.05) is 7.05 Å². The second-order valence-electron chi connectivity index (χ2n) is 1.74. The van der Waals surface area contributed by atoms with Crippen molar-refractivity contribution in [2.45, 2.75) is 0 Å². The minimum Gasteiger partial charge on any atom is -0.307 e. The first-order valence-corrected chi connectivity index (χ1v) is 2.91. The lowest BCUT2D eigenvalue weighted by Gasteiger charge is -1.93. The van der Waals surface area contributed by atoms with E-state index in [1.54, 1.807) is 0 Å². The van der Waals surface area contributed by atoms with Crippen LogP contribution in [0.1, 0.15) is 5.56 Å². The lowest BCUT2D eigenvalue weighted by Crippen LogP contribution is -2.00. The highest BCUT2D eigenvalue weighted by Crippen LogP contribution is 1.97. The quantitative estimate of drug-likeness (QED) is 0.578. The maximum atomic E-state index is 2.96. The largest absolute Gasteiger partial charge is 0.307 e. The molecule has 0 unspecified atom stereocenters. The van der Waals surface area contributed by atoms with Gasteiger partial charge in [-0.1, -0.05) is 30.3 Å². The summed E-state index contributed by atoms with van der Waals surface area (Å²) in [5.74, 6) is 0. The van der Waals surface area contributed by atoms with E-state index in [0.717, 1.165) is 5.56 Å². The van der Waals surface area contributed by atoms with E-state index in [1.165, 1.54) is 0 Å². The first-order valence-electron chi connectivity index (χ1n) is 2.91. The van der Waals surface area contributed by atoms with E-state index in [9.17, 15) is 0 Å². The van der Waals surface area contributed by atoms with Crippen LogP contribution in [0.3, 0.4) is 0 Å². The van der Waals surface area contributed by atoms with Crippen molar-refractivity contribution in [1.82, 2.24) is 5.32 Å². The Kier molecular flexibility index (Phi) is 2.28. The number of nitrogens with one attached hydrogen (secondary N) is 1. The summed E-state index contributed by atoms with van der Waals surface area (Å²) in [6.07, 6.45) is 0. The molecule has 0 aliphatic heterocycles. The molecule has 0 aromatic heterocycles. The van der Waals surface area contributed by atoms with Gasteiger partial charge < -0.3 is 5.32 Å². The fourth-order valence-electron chi connectivity index (χ4n) is 0.666. The molecule has 0 saturated heterocycles. The zero-order valence-corrected chi connectivity index (χ0v) is 5.39. The Balaban J connectivity index is 2.61. The van der Waals surface area contributed by atoms with Crippen LogP contribution in [0.2, 0.25) is 0 Å². The summed E-state index contributed by atoms with van der Waals surface area (Å²) in [6, 6.07) is 9.95. The third-order valence-electron chi connectivity index (χ3n) is 1.04. The van der Waals surface area contributed by atoms with Gasteiger partial charge in [0.15, 0.2) is 0 Å². The van der Waals surface area contributed by atoms with Gasteiger partial charge in [0, 0.05) is 0 Å². The highest BCUT2D eigenvalue weighted by atomic mass is 14.8. The number of hydrogen-bond donors (Lipinski definition) is 1. The Labute approximate surface area is 55.7 Å². The zero-order chi connectivity index (χ0) is 6.53. The van der Waals surface area contributed by atoms with Crippen LogP contribution >= 0.6 is 0 Å². The maximum absolute atomic E-state index is 2.96. The Morgan fingerprint density at radius 3 is 2.44 bits per heavy atom. The molecule has 1 heteroatoms. The smallest absolute Gasteiger partial charge is 0.0931 e. The topological polar surface area (TPSA) is 12.0 Å². The van der Waals surface area contributed by atoms with Crippen molar-refractivity contribution in [3.05, 3.63) is 42.4 Å². The van der Waals surface area contributed by atoms with Crippen molar-refractivity contribution in [1.29, 1.82) is 0 Å². The summed E-state index contributed by atoms with van der Waals surface area (Å²) in [5, 5.41) is 2.83. The Bertz CT molecular complexity index is 157. The van der Waals surface area contributed by atoms with Crippen molar-refractivity contribution < 1.29 is 0 Å². The molecule has 0 bridgehead atoms. The van der Waals surface area contributed by atoms with Crippen LogP contribution in [0.5, 0.6) is 0 Å². The highest BCUT2D eigenvalue weighted by molar-refractivity contribution is 5.21. The van der Waals surface area contributed by atoms with Crippen LogP contribution in [0, 0.1) is 6.54 Å². The van der Waals surface area contributed by atoms with E-state index in [1.807, 2.05) is 37.4 Å². The average molecular weight is 119 g/mol. The molecule has 0 atom stereocenters. The molecule has 1 rings (SSSR count). The second-order valence-corrected chi connectivity index (χ2v) is 1.74. The molecular formula is C8H9N. The molecule has 0 spiro atoms. The second kappa shape index (κ2) is 3.25. The van der Waals surface area contributed by atoms with Crippen molar-refractivity contribution in [3.63, 3.8) is 0 Å². The highest BCUT2D eigenvalue weighted by Gasteiger charge is 1.85. The summed E-state index contributed by atoms with van der Waals surface area (Å²) in [6.45, 7) is 2.96. The fraction of sp³-hybridized carbons (Fsp3) is 0.125. The van der Waals surface area contributed by atoms with Crippen molar-refractivity contribution in [2.24, 2.45) is 0 Å². The minimum atomic E-state index is 1.08. The number of rotatable bonds is 2. The van der Waals surface area contributed by atoms with Gasteiger partial charge in [0.2, 0.25) is 0 Å². The van der Waals surface area contributed by atoms with E-state index < -0.39 is 0 Å². The molecule has 9 heavy (non-hydrogen) atoms. The van der Waals surface area contributed by atoms with E-state index in [2.05, 4.69) is 11.9 Å². The Hall–Kier alpha value is -0.820. The first kappa shape index (κ1) is 6.30. The molecule has 1 N–H and O–H groups in total. The van der Waals surface area contributed by atoms with Crippen molar-refractivity contribution in [3.8, 4) is 0 Å². The molecule has 46 valence electrons. The van der Waals surface area contributed by atoms with Gasteiger partial charge in [0.1, 0.15) is 0 Å². The monoisotopic (exact) mass is 119 g/mol. The van der Waals surface area contributed by atoms with Gasteiger partial charge in [-0.05, 0) is 12.6 Å². The Morgan fingerprint density at radius 1 is 1.22 bits per heavy atom. The standard InChI is InChI=1S/C8H9N/c1-9-7-8-5-3-2-4-6-8/h2-6,9H,1H3. The zero-order valence-electron chi connectivity index (χ0n) is 5.39. The molecule has 0 fully saturated rings. The first-order chi connectivity index (χ1) is 4.43. The maximum Gasteiger partial charge on any atom is 0.0931 e. The molecule has 1 aromatic rings. The molecule has 0 amide bonds. The summed E-state index contributed by atoms with van der Waals surface area (Å²) in [4.78, 5) is 0. The van der Waals surface area contributed by atoms with E-state index in [4.69, 9.17) is 0 Å². The molecule has 0 aliphatic carbocycles. The lowest BCUT2D eigenvalue weighted by molar-refractivity contribution is 1.01. The van der Waals surface area contributed by atoms with Gasteiger partial charge in [-0.2, -0.15) is 0 Å². The van der Waals surface area contributed by atoms with Gasteiger partial charge in [-0.15, -0.1) is 0 Å². The van der Waals surface area contributed by atoms with Crippen LogP contribution in [-0.4, -0.2) is 7.05 Å². The summed E-state index contributed by atoms with van der Waals surface area (Å²) in [7, 11) is 1.84. The third kappa shape index (κ3) is 1.86. The van der Waals surface area contributed by atoms with Gasteiger partial charge >= 0.3 is 0 Å². The molecule has 0 heterocycles. The molecule has 1 nitrogen and oxygen atoms in total. The average Bonchev–Trinajstić information content (AvgIpc) is 1.91. The van der Waals surface area contributed by atoms with E-state index >= 15 is 0 Å². The fourth-order valence-corrected chi connectivity index (χ4v) is 0.666. The predicted octanol–water partition coefficient (Wildman–Crippen LogP) is 1.29. The lowest BCUT2D eigenvalue weighted by atomic mass is 10.2. The summed E-state index contributed by atoms with van der Waals surface area (Å²) < 4.78 is 0. The normalized spacial score (nSPS) is 9.44. The molecule has 0 saturated carbocycles. The van der Waals surface area contributed by atoms with E-state index in [0.29, 0.717) is 0 Å². The molecule has 0 aliphatic rings. The van der Waals surface area contributed by atoms with Gasteiger partial charge in [-0.25, -0.2) is 0 Å². The number of benzene rings is 1. The van der Waals surface area contributed by atoms with Crippen LogP contribution in [0.15, 0.2) is 30.3 Å². The molecule has 1 aromatic carbocycles. The van der Waals surface area contributed by atoms with Crippen LogP contribution in [-0.2, 0) is 0 Å². The van der Waals surface area contributed by atoms with Gasteiger partial charge in [0.05, 0.1) is 6.54 Å².